The van der Waals surface area contributed by atoms with Crippen LogP contribution in [0.4, 0.5) is 0 Å². The Balaban J connectivity index is 3.30. The van der Waals surface area contributed by atoms with E-state index in [0.29, 0.717) is 13.1 Å². The number of rotatable bonds is 9. The quantitative estimate of drug-likeness (QED) is 0.517. The number of carbonyl (C=O) groups is 2. The summed E-state index contributed by atoms with van der Waals surface area (Å²) in [5.74, 6) is -2.06. The zero-order valence-electron chi connectivity index (χ0n) is 14.5. The van der Waals surface area contributed by atoms with Crippen LogP contribution < -0.4 is 0 Å². The van der Waals surface area contributed by atoms with Crippen LogP contribution in [0.1, 0.15) is 39.3 Å². The van der Waals surface area contributed by atoms with E-state index in [1.807, 2.05) is 44.2 Å². The van der Waals surface area contributed by atoms with Gasteiger partial charge in [-0.3, -0.25) is 14.5 Å². The Kier molecular flexibility index (Phi) is 8.33. The van der Waals surface area contributed by atoms with Crippen LogP contribution in [0.15, 0.2) is 30.3 Å². The largest absolute Gasteiger partial charge is 0.465 e. The second-order valence-corrected chi connectivity index (χ2v) is 5.06. The van der Waals surface area contributed by atoms with Crippen LogP contribution in [0.25, 0.3) is 0 Å². The molecule has 0 radical (unpaired) electrons. The maximum absolute atomic E-state index is 12.5. The minimum Gasteiger partial charge on any atom is -0.465 e. The summed E-state index contributed by atoms with van der Waals surface area (Å²) < 4.78 is 10.3. The molecule has 1 aromatic rings. The van der Waals surface area contributed by atoms with Crippen LogP contribution in [0.5, 0.6) is 0 Å². The fourth-order valence-electron chi connectivity index (χ4n) is 2.70. The minimum atomic E-state index is -0.989. The summed E-state index contributed by atoms with van der Waals surface area (Å²) >= 11 is 0. The lowest BCUT2D eigenvalue weighted by molar-refractivity contribution is -0.165. The van der Waals surface area contributed by atoms with Crippen LogP contribution >= 0.6 is 0 Å². The van der Waals surface area contributed by atoms with E-state index in [-0.39, 0.29) is 13.2 Å². The van der Waals surface area contributed by atoms with Gasteiger partial charge in [-0.25, -0.2) is 0 Å². The average molecular weight is 321 g/mol. The molecule has 0 bridgehead atoms. The molecule has 0 amide bonds. The molecule has 0 N–H and O–H groups in total. The van der Waals surface area contributed by atoms with Gasteiger partial charge in [-0.15, -0.1) is 0 Å². The smallest absolute Gasteiger partial charge is 0.322 e. The number of carbonyl (C=O) groups excluding carboxylic acids is 2. The van der Waals surface area contributed by atoms with Crippen molar-refractivity contribution in [3.63, 3.8) is 0 Å². The summed E-state index contributed by atoms with van der Waals surface area (Å²) in [6, 6.07) is 9.16. The first-order valence-corrected chi connectivity index (χ1v) is 8.22. The van der Waals surface area contributed by atoms with E-state index in [9.17, 15) is 9.59 Å². The van der Waals surface area contributed by atoms with E-state index in [2.05, 4.69) is 4.90 Å². The molecule has 0 fully saturated rings. The van der Waals surface area contributed by atoms with Crippen molar-refractivity contribution in [1.82, 2.24) is 4.90 Å². The zero-order chi connectivity index (χ0) is 17.2. The summed E-state index contributed by atoms with van der Waals surface area (Å²) in [5, 5.41) is 0. The van der Waals surface area contributed by atoms with Crippen molar-refractivity contribution in [2.75, 3.05) is 26.3 Å². The third-order valence-electron chi connectivity index (χ3n) is 3.74. The second kappa shape index (κ2) is 10.0. The van der Waals surface area contributed by atoms with Crippen LogP contribution in [0.2, 0.25) is 0 Å². The van der Waals surface area contributed by atoms with Crippen LogP contribution in [0.3, 0.4) is 0 Å². The lowest BCUT2D eigenvalue weighted by Crippen LogP contribution is -2.42. The molecule has 0 unspecified atom stereocenters. The fourth-order valence-corrected chi connectivity index (χ4v) is 2.70. The summed E-state index contributed by atoms with van der Waals surface area (Å²) in [6.45, 7) is 9.36. The lowest BCUT2D eigenvalue weighted by atomic mass is 9.91. The number of hydrogen-bond acceptors (Lipinski definition) is 5. The van der Waals surface area contributed by atoms with Gasteiger partial charge in [0.25, 0.3) is 0 Å². The SMILES string of the molecule is CCOC(=O)C(C(=O)OCC)[C@@H](c1ccccc1)N(CC)CC. The molecular formula is C18H27NO4. The predicted octanol–water partition coefficient (Wildman–Crippen LogP) is 2.81. The topological polar surface area (TPSA) is 55.8 Å². The van der Waals surface area contributed by atoms with Crippen molar-refractivity contribution >= 4 is 11.9 Å². The monoisotopic (exact) mass is 321 g/mol. The van der Waals surface area contributed by atoms with E-state index in [1.165, 1.54) is 0 Å². The second-order valence-electron chi connectivity index (χ2n) is 5.06. The van der Waals surface area contributed by atoms with Crippen LogP contribution in [-0.2, 0) is 19.1 Å². The maximum atomic E-state index is 12.5. The van der Waals surface area contributed by atoms with Gasteiger partial charge >= 0.3 is 11.9 Å². The predicted molar refractivity (Wildman–Crippen MR) is 88.9 cm³/mol. The van der Waals surface area contributed by atoms with Crippen molar-refractivity contribution in [3.8, 4) is 0 Å². The number of esters is 2. The van der Waals surface area contributed by atoms with Crippen molar-refractivity contribution in [2.45, 2.75) is 33.7 Å². The molecule has 0 heterocycles. The van der Waals surface area contributed by atoms with E-state index in [0.717, 1.165) is 5.56 Å². The molecule has 0 saturated carbocycles. The number of ether oxygens (including phenoxy) is 2. The van der Waals surface area contributed by atoms with Gasteiger partial charge in [-0.2, -0.15) is 0 Å². The molecule has 1 aromatic carbocycles. The Morgan fingerprint density at radius 1 is 0.913 bits per heavy atom. The van der Waals surface area contributed by atoms with Gasteiger partial charge in [0.15, 0.2) is 5.92 Å². The van der Waals surface area contributed by atoms with Gasteiger partial charge < -0.3 is 9.47 Å². The third-order valence-corrected chi connectivity index (χ3v) is 3.74. The van der Waals surface area contributed by atoms with E-state index < -0.39 is 23.9 Å². The Labute approximate surface area is 138 Å². The first kappa shape index (κ1) is 19.2. The van der Waals surface area contributed by atoms with Crippen LogP contribution in [0, 0.1) is 5.92 Å². The molecule has 1 atom stereocenters. The highest BCUT2D eigenvalue weighted by Gasteiger charge is 2.40. The molecule has 5 nitrogen and oxygen atoms in total. The van der Waals surface area contributed by atoms with Gasteiger partial charge in [0.05, 0.1) is 19.3 Å². The third kappa shape index (κ3) is 5.06. The van der Waals surface area contributed by atoms with Crippen molar-refractivity contribution < 1.29 is 19.1 Å². The molecule has 128 valence electrons. The molecule has 0 spiro atoms. The maximum Gasteiger partial charge on any atom is 0.322 e. The highest BCUT2D eigenvalue weighted by atomic mass is 16.6. The van der Waals surface area contributed by atoms with Gasteiger partial charge in [0.1, 0.15) is 0 Å². The number of benzene rings is 1. The first-order chi connectivity index (χ1) is 11.1. The average Bonchev–Trinajstić information content (AvgIpc) is 2.56. The van der Waals surface area contributed by atoms with Gasteiger partial charge in [0.2, 0.25) is 0 Å². The van der Waals surface area contributed by atoms with Gasteiger partial charge in [0, 0.05) is 0 Å². The Bertz CT molecular complexity index is 467. The normalized spacial score (nSPS) is 12.3. The lowest BCUT2D eigenvalue weighted by Gasteiger charge is -2.33. The van der Waals surface area contributed by atoms with E-state index in [1.54, 1.807) is 13.8 Å². The molecule has 5 heteroatoms. The standard InChI is InChI=1S/C18H27NO4/c1-5-19(6-2)16(14-12-10-9-11-13-14)15(17(20)22-7-3)18(21)23-8-4/h9-13,15-16H,5-8H2,1-4H3/t16-/m1/s1. The van der Waals surface area contributed by atoms with Crippen LogP contribution in [-0.4, -0.2) is 43.1 Å². The number of nitrogens with zero attached hydrogens (tertiary/aromatic N) is 1. The Morgan fingerprint density at radius 3 is 1.78 bits per heavy atom. The van der Waals surface area contributed by atoms with Gasteiger partial charge in [-0.1, -0.05) is 44.2 Å². The van der Waals surface area contributed by atoms with Crippen molar-refractivity contribution in [1.29, 1.82) is 0 Å². The number of hydrogen-bond donors (Lipinski definition) is 0. The highest BCUT2D eigenvalue weighted by molar-refractivity contribution is 5.96. The summed E-state index contributed by atoms with van der Waals surface area (Å²) in [7, 11) is 0. The molecule has 0 aliphatic carbocycles. The molecule has 0 aromatic heterocycles. The summed E-state index contributed by atoms with van der Waals surface area (Å²) in [4.78, 5) is 27.0. The summed E-state index contributed by atoms with van der Waals surface area (Å²) in [5.41, 5.74) is 0.905. The molecule has 23 heavy (non-hydrogen) atoms. The Morgan fingerprint density at radius 2 is 1.39 bits per heavy atom. The molecule has 0 aliphatic heterocycles. The molecular weight excluding hydrogens is 294 g/mol. The van der Waals surface area contributed by atoms with Gasteiger partial charge in [-0.05, 0) is 32.5 Å². The molecule has 0 saturated heterocycles. The fraction of sp³-hybridized carbons (Fsp3) is 0.556. The van der Waals surface area contributed by atoms with E-state index in [4.69, 9.17) is 9.47 Å². The Hall–Kier alpha value is -1.88. The first-order valence-electron chi connectivity index (χ1n) is 8.22. The highest BCUT2D eigenvalue weighted by Crippen LogP contribution is 2.30. The van der Waals surface area contributed by atoms with E-state index >= 15 is 0 Å². The summed E-state index contributed by atoms with van der Waals surface area (Å²) in [6.07, 6.45) is 0. The van der Waals surface area contributed by atoms with Crippen molar-refractivity contribution in [3.05, 3.63) is 35.9 Å². The van der Waals surface area contributed by atoms with Crippen molar-refractivity contribution in [2.24, 2.45) is 5.92 Å². The molecule has 0 aliphatic rings. The minimum absolute atomic E-state index is 0.231. The zero-order valence-corrected chi connectivity index (χ0v) is 14.5. The molecule has 1 rings (SSSR count).